The van der Waals surface area contributed by atoms with Crippen molar-refractivity contribution in [2.24, 2.45) is 5.92 Å². The molecule has 0 saturated carbocycles. The van der Waals surface area contributed by atoms with E-state index in [-0.39, 0.29) is 18.1 Å². The number of phenols is 1. The molecule has 0 bridgehead atoms. The van der Waals surface area contributed by atoms with Crippen LogP contribution in [0.3, 0.4) is 0 Å². The first-order valence-corrected chi connectivity index (χ1v) is 8.72. The molecule has 1 aromatic carbocycles. The van der Waals surface area contributed by atoms with Crippen LogP contribution in [0.2, 0.25) is 0 Å². The third-order valence-corrected chi connectivity index (χ3v) is 3.26. The lowest BCUT2D eigenvalue weighted by Gasteiger charge is -2.05. The van der Waals surface area contributed by atoms with Crippen LogP contribution in [0, 0.1) is 5.92 Å². The van der Waals surface area contributed by atoms with E-state index in [0.717, 1.165) is 16.4 Å². The van der Waals surface area contributed by atoms with Crippen LogP contribution in [0.1, 0.15) is 58.8 Å². The van der Waals surface area contributed by atoms with Crippen molar-refractivity contribution in [2.75, 3.05) is 6.61 Å². The van der Waals surface area contributed by atoms with Gasteiger partial charge in [0.05, 0.1) is 5.56 Å². The number of rotatable bonds is 2. The SMILES string of the molecule is CC(C)C.CC(C)SC(C)C.O=C1COc2cc(O)ccc21. The third kappa shape index (κ3) is 9.72. The van der Waals surface area contributed by atoms with Crippen LogP contribution in [-0.4, -0.2) is 28.0 Å². The smallest absolute Gasteiger partial charge is 0.203 e. The van der Waals surface area contributed by atoms with Crippen LogP contribution in [0.25, 0.3) is 0 Å². The average Bonchev–Trinajstić information content (AvgIpc) is 2.68. The zero-order valence-corrected chi connectivity index (χ0v) is 15.7. The second kappa shape index (κ2) is 10.5. The third-order valence-electron chi connectivity index (χ3n) is 2.17. The molecule has 0 fully saturated rings. The van der Waals surface area contributed by atoms with E-state index >= 15 is 0 Å². The monoisotopic (exact) mass is 326 g/mol. The quantitative estimate of drug-likeness (QED) is 0.815. The summed E-state index contributed by atoms with van der Waals surface area (Å²) in [6.07, 6.45) is 0. The molecular formula is C18H30O3S. The highest BCUT2D eigenvalue weighted by atomic mass is 32.2. The molecule has 2 rings (SSSR count). The zero-order valence-electron chi connectivity index (χ0n) is 14.8. The van der Waals surface area contributed by atoms with Crippen molar-refractivity contribution in [3.05, 3.63) is 23.8 Å². The summed E-state index contributed by atoms with van der Waals surface area (Å²) in [5.74, 6) is 1.41. The Kier molecular flexibility index (Phi) is 9.99. The Morgan fingerprint density at radius 2 is 1.55 bits per heavy atom. The summed E-state index contributed by atoms with van der Waals surface area (Å²) >= 11 is 2.01. The molecule has 0 atom stereocenters. The molecule has 0 radical (unpaired) electrons. The van der Waals surface area contributed by atoms with Gasteiger partial charge >= 0.3 is 0 Å². The Morgan fingerprint density at radius 1 is 1.05 bits per heavy atom. The predicted molar refractivity (Wildman–Crippen MR) is 96.3 cm³/mol. The lowest BCUT2D eigenvalue weighted by Crippen LogP contribution is -1.98. The van der Waals surface area contributed by atoms with Gasteiger partial charge in [-0.15, -0.1) is 0 Å². The Hall–Kier alpha value is -1.16. The van der Waals surface area contributed by atoms with Gasteiger partial charge in [-0.1, -0.05) is 48.5 Å². The highest BCUT2D eigenvalue weighted by Crippen LogP contribution is 2.28. The van der Waals surface area contributed by atoms with Crippen molar-refractivity contribution in [2.45, 2.75) is 59.0 Å². The van der Waals surface area contributed by atoms with Crippen LogP contribution in [0.15, 0.2) is 18.2 Å². The van der Waals surface area contributed by atoms with E-state index in [0.29, 0.717) is 11.3 Å². The van der Waals surface area contributed by atoms with E-state index in [1.165, 1.54) is 12.1 Å². The van der Waals surface area contributed by atoms with Crippen LogP contribution in [0.4, 0.5) is 0 Å². The topological polar surface area (TPSA) is 46.5 Å². The summed E-state index contributed by atoms with van der Waals surface area (Å²) < 4.78 is 4.98. The molecule has 3 nitrogen and oxygen atoms in total. The number of Topliss-reactive ketones (excluding diaryl/α,β-unsaturated/α-hetero) is 1. The molecule has 1 aromatic rings. The molecule has 1 N–H and O–H groups in total. The second-order valence-corrected chi connectivity index (χ2v) is 8.52. The fourth-order valence-electron chi connectivity index (χ4n) is 1.63. The maximum Gasteiger partial charge on any atom is 0.203 e. The van der Waals surface area contributed by atoms with Gasteiger partial charge < -0.3 is 9.84 Å². The van der Waals surface area contributed by atoms with E-state index < -0.39 is 0 Å². The lowest BCUT2D eigenvalue weighted by molar-refractivity contribution is 0.0961. The van der Waals surface area contributed by atoms with Crippen molar-refractivity contribution in [1.82, 2.24) is 0 Å². The Labute approximate surface area is 139 Å². The number of hydrogen-bond donors (Lipinski definition) is 1. The molecule has 1 heterocycles. The summed E-state index contributed by atoms with van der Waals surface area (Å²) in [6.45, 7) is 15.5. The van der Waals surface area contributed by atoms with Gasteiger partial charge in [0.25, 0.3) is 0 Å². The maximum atomic E-state index is 11.0. The molecule has 22 heavy (non-hydrogen) atoms. The molecule has 0 amide bonds. The Bertz CT molecular complexity index is 445. The normalized spacial score (nSPS) is 12.4. The second-order valence-electron chi connectivity index (χ2n) is 6.36. The number of hydrogen-bond acceptors (Lipinski definition) is 4. The minimum Gasteiger partial charge on any atom is -0.508 e. The van der Waals surface area contributed by atoms with Gasteiger partial charge in [0.2, 0.25) is 5.78 Å². The first-order valence-electron chi connectivity index (χ1n) is 7.77. The summed E-state index contributed by atoms with van der Waals surface area (Å²) in [4.78, 5) is 11.0. The minimum absolute atomic E-state index is 0.0278. The maximum absolute atomic E-state index is 11.0. The predicted octanol–water partition coefficient (Wildman–Crippen LogP) is 5.17. The number of thioether (sulfide) groups is 1. The molecular weight excluding hydrogens is 296 g/mol. The number of phenolic OH excluding ortho intramolecular Hbond substituents is 1. The van der Waals surface area contributed by atoms with Gasteiger partial charge in [0, 0.05) is 6.07 Å². The van der Waals surface area contributed by atoms with Crippen LogP contribution in [-0.2, 0) is 0 Å². The highest BCUT2D eigenvalue weighted by molar-refractivity contribution is 8.00. The molecule has 0 aliphatic carbocycles. The number of carbonyl (C=O) groups excluding carboxylic acids is 1. The summed E-state index contributed by atoms with van der Waals surface area (Å²) in [5.41, 5.74) is 0.558. The van der Waals surface area contributed by atoms with Crippen molar-refractivity contribution in [3.63, 3.8) is 0 Å². The van der Waals surface area contributed by atoms with Crippen molar-refractivity contribution < 1.29 is 14.6 Å². The van der Waals surface area contributed by atoms with E-state index in [1.54, 1.807) is 6.07 Å². The van der Waals surface area contributed by atoms with E-state index in [4.69, 9.17) is 9.84 Å². The van der Waals surface area contributed by atoms with Crippen molar-refractivity contribution >= 4 is 17.5 Å². The summed E-state index contributed by atoms with van der Waals surface area (Å²) in [5, 5.41) is 10.6. The zero-order chi connectivity index (χ0) is 17.3. The fourth-order valence-corrected chi connectivity index (χ4v) is 2.71. The van der Waals surface area contributed by atoms with Crippen molar-refractivity contribution in [1.29, 1.82) is 0 Å². The molecule has 0 unspecified atom stereocenters. The minimum atomic E-state index is -0.0278. The number of ether oxygens (including phenoxy) is 1. The molecule has 0 aromatic heterocycles. The number of aromatic hydroxyl groups is 1. The number of fused-ring (bicyclic) bond motifs is 1. The van der Waals surface area contributed by atoms with Gasteiger partial charge in [-0.3, -0.25) is 4.79 Å². The molecule has 0 saturated heterocycles. The number of ketones is 1. The fraction of sp³-hybridized carbons (Fsp3) is 0.611. The summed E-state index contributed by atoms with van der Waals surface area (Å²) in [6, 6.07) is 4.49. The van der Waals surface area contributed by atoms with Crippen LogP contribution < -0.4 is 4.74 Å². The summed E-state index contributed by atoms with van der Waals surface area (Å²) in [7, 11) is 0. The van der Waals surface area contributed by atoms with Gasteiger partial charge in [0.15, 0.2) is 6.61 Å². The Balaban J connectivity index is 0.000000348. The molecule has 1 aliphatic heterocycles. The molecule has 4 heteroatoms. The standard InChI is InChI=1S/C8H6O3.C6H14S.C4H10/c9-5-1-2-6-7(10)4-11-8(6)3-5;1-5(2)7-6(3)4;1-4(2)3/h1-3,9H,4H2;5-6H,1-4H3;4H,1-3H3. The molecule has 1 aliphatic rings. The first kappa shape index (κ1) is 20.8. The Morgan fingerprint density at radius 3 is 1.95 bits per heavy atom. The molecule has 126 valence electrons. The highest BCUT2D eigenvalue weighted by Gasteiger charge is 2.20. The number of benzene rings is 1. The van der Waals surface area contributed by atoms with Crippen molar-refractivity contribution in [3.8, 4) is 11.5 Å². The number of carbonyl (C=O) groups is 1. The lowest BCUT2D eigenvalue weighted by atomic mass is 10.1. The van der Waals surface area contributed by atoms with Crippen LogP contribution in [0.5, 0.6) is 11.5 Å². The van der Waals surface area contributed by atoms with Gasteiger partial charge in [-0.05, 0) is 28.6 Å². The van der Waals surface area contributed by atoms with Gasteiger partial charge in [-0.25, -0.2) is 0 Å². The first-order chi connectivity index (χ1) is 10.1. The van der Waals surface area contributed by atoms with E-state index in [2.05, 4.69) is 48.5 Å². The van der Waals surface area contributed by atoms with Crippen LogP contribution >= 0.6 is 11.8 Å². The van der Waals surface area contributed by atoms with E-state index in [9.17, 15) is 4.79 Å². The largest absolute Gasteiger partial charge is 0.508 e. The molecule has 0 spiro atoms. The van der Waals surface area contributed by atoms with E-state index in [1.807, 2.05) is 11.8 Å². The van der Waals surface area contributed by atoms with Gasteiger partial charge in [0.1, 0.15) is 11.5 Å². The van der Waals surface area contributed by atoms with Gasteiger partial charge in [-0.2, -0.15) is 11.8 Å². The average molecular weight is 327 g/mol.